The first-order chi connectivity index (χ1) is 17.6. The second kappa shape index (κ2) is 10.8. The van der Waals surface area contributed by atoms with Crippen LogP contribution >= 0.6 is 0 Å². The summed E-state index contributed by atoms with van der Waals surface area (Å²) in [5.41, 5.74) is 6.08. The molecule has 0 unspecified atom stereocenters. The van der Waals surface area contributed by atoms with Crippen LogP contribution in [0, 0.1) is 12.1 Å². The molecule has 0 aliphatic heterocycles. The maximum absolute atomic E-state index is 6.44. The molecule has 0 N–H and O–H groups in total. The summed E-state index contributed by atoms with van der Waals surface area (Å²) >= 11 is 0. The van der Waals surface area contributed by atoms with Gasteiger partial charge in [0.1, 0.15) is 0 Å². The van der Waals surface area contributed by atoms with Gasteiger partial charge in [-0.1, -0.05) is 101 Å². The van der Waals surface area contributed by atoms with Gasteiger partial charge in [-0.15, -0.1) is 35.4 Å². The maximum Gasteiger partial charge on any atom is 2.00 e. The Hall–Kier alpha value is -3.29. The molecular weight excluding hydrogens is 647 g/mol. The van der Waals surface area contributed by atoms with Gasteiger partial charge < -0.3 is 14.7 Å². The van der Waals surface area contributed by atoms with E-state index >= 15 is 0 Å². The first kappa shape index (κ1) is 27.7. The van der Waals surface area contributed by atoms with Crippen molar-refractivity contribution >= 4 is 10.8 Å². The van der Waals surface area contributed by atoms with Gasteiger partial charge in [-0.3, -0.25) is 0 Å². The summed E-state index contributed by atoms with van der Waals surface area (Å²) in [6.07, 6.45) is 3.73. The molecule has 0 aliphatic rings. The van der Waals surface area contributed by atoms with Crippen molar-refractivity contribution in [1.82, 2.24) is 9.97 Å². The number of ether oxygens (including phenoxy) is 1. The number of fused-ring (bicyclic) bond motifs is 1. The van der Waals surface area contributed by atoms with E-state index in [1.54, 1.807) is 0 Å². The number of benzene rings is 3. The molecule has 0 saturated heterocycles. The van der Waals surface area contributed by atoms with Crippen molar-refractivity contribution in [2.75, 3.05) is 0 Å². The van der Waals surface area contributed by atoms with Crippen molar-refractivity contribution in [3.8, 4) is 34.0 Å². The number of pyridine rings is 2. The topological polar surface area (TPSA) is 35.0 Å². The first-order valence-corrected chi connectivity index (χ1v) is 12.7. The van der Waals surface area contributed by atoms with Crippen LogP contribution in [-0.2, 0) is 31.9 Å². The molecule has 38 heavy (non-hydrogen) atoms. The first-order valence-electron chi connectivity index (χ1n) is 12.7. The average Bonchev–Trinajstić information content (AvgIpc) is 2.88. The zero-order chi connectivity index (χ0) is 26.2. The molecule has 0 spiro atoms. The molecule has 0 bridgehead atoms. The molecule has 0 aliphatic carbocycles. The fraction of sp³-hybridized carbons (Fsp3) is 0.235. The molecule has 2 aromatic heterocycles. The molecule has 194 valence electrons. The van der Waals surface area contributed by atoms with Crippen LogP contribution in [0.1, 0.15) is 52.7 Å². The van der Waals surface area contributed by atoms with Crippen molar-refractivity contribution in [2.24, 2.45) is 0 Å². The largest absolute Gasteiger partial charge is 2.00 e. The number of hydrogen-bond donors (Lipinski definition) is 0. The van der Waals surface area contributed by atoms with Gasteiger partial charge in [0.25, 0.3) is 0 Å². The van der Waals surface area contributed by atoms with Crippen molar-refractivity contribution in [3.05, 3.63) is 108 Å². The average molecular weight is 680 g/mol. The molecule has 2 heterocycles. The molecule has 0 fully saturated rings. The predicted molar refractivity (Wildman–Crippen MR) is 152 cm³/mol. The summed E-state index contributed by atoms with van der Waals surface area (Å²) in [5, 5.41) is 2.06. The Morgan fingerprint density at radius 3 is 1.87 bits per heavy atom. The summed E-state index contributed by atoms with van der Waals surface area (Å²) in [7, 11) is 0. The van der Waals surface area contributed by atoms with Gasteiger partial charge in [0.15, 0.2) is 0 Å². The summed E-state index contributed by atoms with van der Waals surface area (Å²) in [4.78, 5) is 9.26. The number of nitrogens with zero attached hydrogens (tertiary/aromatic N) is 2. The summed E-state index contributed by atoms with van der Waals surface area (Å²) < 4.78 is 6.44. The third kappa shape index (κ3) is 6.05. The summed E-state index contributed by atoms with van der Waals surface area (Å²) in [5.74, 6) is 1.27. The third-order valence-corrected chi connectivity index (χ3v) is 6.54. The van der Waals surface area contributed by atoms with Gasteiger partial charge in [0.2, 0.25) is 0 Å². The van der Waals surface area contributed by atoms with Crippen LogP contribution in [0.25, 0.3) is 33.3 Å². The molecule has 0 atom stereocenters. The second-order valence-corrected chi connectivity index (χ2v) is 11.5. The van der Waals surface area contributed by atoms with E-state index in [1.807, 2.05) is 42.7 Å². The van der Waals surface area contributed by atoms with E-state index in [9.17, 15) is 0 Å². The van der Waals surface area contributed by atoms with Crippen LogP contribution in [0.3, 0.4) is 0 Å². The molecule has 5 rings (SSSR count). The molecule has 4 heteroatoms. The third-order valence-electron chi connectivity index (χ3n) is 6.54. The predicted octanol–water partition coefficient (Wildman–Crippen LogP) is 8.95. The Kier molecular flexibility index (Phi) is 7.90. The molecule has 3 aromatic carbocycles. The summed E-state index contributed by atoms with van der Waals surface area (Å²) in [6.45, 7) is 13.2. The standard InChI is InChI=1S/C34H32N2O.Pt/c1-33(2,3)26-14-16-35-30(21-26)24-11-9-12-28(19-24)37-32-20-25(18-23-10-7-8-13-29(23)32)31-22-27(15-17-36-31)34(4,5)6;/h7-18,21-22H,1-6H3;/q-2;+2. The normalized spacial score (nSPS) is 11.7. The quantitative estimate of drug-likeness (QED) is 0.178. The fourth-order valence-electron chi connectivity index (χ4n) is 4.28. The van der Waals surface area contributed by atoms with Gasteiger partial charge >= 0.3 is 21.1 Å². The van der Waals surface area contributed by atoms with Crippen LogP contribution < -0.4 is 4.74 Å². The van der Waals surface area contributed by atoms with Crippen LogP contribution in [0.5, 0.6) is 11.5 Å². The Bertz CT molecular complexity index is 1580. The number of aromatic nitrogens is 2. The Labute approximate surface area is 240 Å². The van der Waals surface area contributed by atoms with E-state index < -0.39 is 0 Å². The van der Waals surface area contributed by atoms with Gasteiger partial charge in [0.05, 0.1) is 5.75 Å². The van der Waals surface area contributed by atoms with Crippen molar-refractivity contribution in [3.63, 3.8) is 0 Å². The van der Waals surface area contributed by atoms with E-state index in [0.29, 0.717) is 11.5 Å². The number of hydrogen-bond acceptors (Lipinski definition) is 3. The molecule has 5 aromatic rings. The van der Waals surface area contributed by atoms with Gasteiger partial charge in [-0.2, -0.15) is 0 Å². The van der Waals surface area contributed by atoms with Gasteiger partial charge in [-0.05, 0) is 45.5 Å². The minimum absolute atomic E-state index is 0. The van der Waals surface area contributed by atoms with Crippen LogP contribution in [0.4, 0.5) is 0 Å². The monoisotopic (exact) mass is 679 g/mol. The summed E-state index contributed by atoms with van der Waals surface area (Å²) in [6, 6.07) is 31.6. The SMILES string of the molecule is CC(C)(C)c1ccnc(-c2[c-]c(Oc3[c-]c(-c4cc(C(C)(C)C)ccn4)cc4ccccc34)ccc2)c1.[Pt+2]. The van der Waals surface area contributed by atoms with Crippen molar-refractivity contribution in [1.29, 1.82) is 0 Å². The second-order valence-electron chi connectivity index (χ2n) is 11.5. The van der Waals surface area contributed by atoms with E-state index in [0.717, 1.165) is 33.3 Å². The maximum atomic E-state index is 6.44. The van der Waals surface area contributed by atoms with E-state index in [1.165, 1.54) is 11.1 Å². The van der Waals surface area contributed by atoms with Crippen molar-refractivity contribution < 1.29 is 25.8 Å². The zero-order valence-corrected chi connectivity index (χ0v) is 25.0. The fourth-order valence-corrected chi connectivity index (χ4v) is 4.28. The number of rotatable bonds is 4. The van der Waals surface area contributed by atoms with Crippen LogP contribution in [-0.4, -0.2) is 9.97 Å². The Morgan fingerprint density at radius 1 is 0.632 bits per heavy atom. The Balaban J connectivity index is 0.00000336. The Morgan fingerprint density at radius 2 is 1.24 bits per heavy atom. The molecule has 0 amide bonds. The van der Waals surface area contributed by atoms with E-state index in [2.05, 4.69) is 106 Å². The molecular formula is C34H32N2OPt. The van der Waals surface area contributed by atoms with Gasteiger partial charge in [0, 0.05) is 18.1 Å². The van der Waals surface area contributed by atoms with Crippen molar-refractivity contribution in [2.45, 2.75) is 52.4 Å². The minimum atomic E-state index is 0. The van der Waals surface area contributed by atoms with Crippen LogP contribution in [0.2, 0.25) is 0 Å². The van der Waals surface area contributed by atoms with E-state index in [4.69, 9.17) is 4.74 Å². The van der Waals surface area contributed by atoms with Crippen LogP contribution in [0.15, 0.2) is 85.2 Å². The smallest absolute Gasteiger partial charge is 0.496 e. The van der Waals surface area contributed by atoms with Gasteiger partial charge in [-0.25, -0.2) is 0 Å². The minimum Gasteiger partial charge on any atom is -0.496 e. The molecule has 0 radical (unpaired) electrons. The zero-order valence-electron chi connectivity index (χ0n) is 22.7. The van der Waals surface area contributed by atoms with E-state index in [-0.39, 0.29) is 31.9 Å². The molecule has 3 nitrogen and oxygen atoms in total. The molecule has 0 saturated carbocycles.